The number of benzene rings is 1. The highest BCUT2D eigenvalue weighted by atomic mass is 35.5. The van der Waals surface area contributed by atoms with E-state index in [-0.39, 0.29) is 24.4 Å². The van der Waals surface area contributed by atoms with Gasteiger partial charge in [-0.2, -0.15) is 0 Å². The van der Waals surface area contributed by atoms with Crippen molar-refractivity contribution in [3.05, 3.63) is 29.8 Å². The second-order valence-electron chi connectivity index (χ2n) is 5.59. The smallest absolute Gasteiger partial charge is 0.238 e. The van der Waals surface area contributed by atoms with Crippen LogP contribution >= 0.6 is 12.4 Å². The van der Waals surface area contributed by atoms with Crippen molar-refractivity contribution >= 4 is 24.0 Å². The number of ether oxygens (including phenoxy) is 1. The number of carbonyl (C=O) groups excluding carboxylic acids is 1. The van der Waals surface area contributed by atoms with Crippen molar-refractivity contribution in [1.82, 2.24) is 5.32 Å². The van der Waals surface area contributed by atoms with E-state index in [1.807, 2.05) is 12.1 Å². The van der Waals surface area contributed by atoms with E-state index in [4.69, 9.17) is 4.74 Å². The third-order valence-corrected chi connectivity index (χ3v) is 3.54. The molecule has 1 atom stereocenters. The second kappa shape index (κ2) is 9.03. The molecule has 1 saturated heterocycles. The van der Waals surface area contributed by atoms with Crippen LogP contribution in [-0.4, -0.2) is 31.7 Å². The number of hydrogen-bond acceptors (Lipinski definition) is 3. The zero-order valence-corrected chi connectivity index (χ0v) is 13.5. The maximum absolute atomic E-state index is 11.8. The van der Waals surface area contributed by atoms with Gasteiger partial charge in [-0.15, -0.1) is 12.4 Å². The van der Waals surface area contributed by atoms with Gasteiger partial charge < -0.3 is 15.4 Å². The van der Waals surface area contributed by atoms with Crippen LogP contribution in [0.5, 0.6) is 0 Å². The number of rotatable bonds is 6. The average molecular weight is 313 g/mol. The van der Waals surface area contributed by atoms with Crippen LogP contribution in [0.15, 0.2) is 24.3 Å². The molecule has 21 heavy (non-hydrogen) atoms. The predicted octanol–water partition coefficient (Wildman–Crippen LogP) is 2.94. The highest BCUT2D eigenvalue weighted by molar-refractivity contribution is 5.92. The fourth-order valence-electron chi connectivity index (χ4n) is 2.31. The molecule has 1 heterocycles. The van der Waals surface area contributed by atoms with Crippen molar-refractivity contribution in [2.75, 3.05) is 25.0 Å². The van der Waals surface area contributed by atoms with E-state index in [1.165, 1.54) is 5.56 Å². The van der Waals surface area contributed by atoms with Gasteiger partial charge in [0.05, 0.1) is 12.6 Å². The van der Waals surface area contributed by atoms with Gasteiger partial charge in [0.2, 0.25) is 5.91 Å². The maximum Gasteiger partial charge on any atom is 0.238 e. The number of nitrogens with one attached hydrogen (secondary N) is 2. The summed E-state index contributed by atoms with van der Waals surface area (Å²) in [7, 11) is 0. The van der Waals surface area contributed by atoms with Crippen molar-refractivity contribution in [3.8, 4) is 0 Å². The van der Waals surface area contributed by atoms with E-state index >= 15 is 0 Å². The van der Waals surface area contributed by atoms with Crippen LogP contribution < -0.4 is 10.6 Å². The van der Waals surface area contributed by atoms with Gasteiger partial charge in [-0.1, -0.05) is 26.0 Å². The van der Waals surface area contributed by atoms with Gasteiger partial charge in [-0.05, 0) is 36.5 Å². The van der Waals surface area contributed by atoms with E-state index in [0.29, 0.717) is 12.5 Å². The van der Waals surface area contributed by atoms with Gasteiger partial charge in [0.15, 0.2) is 0 Å². The zero-order chi connectivity index (χ0) is 14.4. The summed E-state index contributed by atoms with van der Waals surface area (Å²) >= 11 is 0. The van der Waals surface area contributed by atoms with E-state index < -0.39 is 0 Å². The molecule has 1 aromatic carbocycles. The average Bonchev–Trinajstić information content (AvgIpc) is 2.92. The van der Waals surface area contributed by atoms with Crippen LogP contribution in [0.3, 0.4) is 0 Å². The van der Waals surface area contributed by atoms with Crippen molar-refractivity contribution in [2.24, 2.45) is 0 Å². The van der Waals surface area contributed by atoms with Gasteiger partial charge in [-0.25, -0.2) is 0 Å². The van der Waals surface area contributed by atoms with Crippen molar-refractivity contribution in [1.29, 1.82) is 0 Å². The van der Waals surface area contributed by atoms with E-state index in [0.717, 1.165) is 31.7 Å². The third-order valence-electron chi connectivity index (χ3n) is 3.54. The molecule has 1 amide bonds. The Bertz CT molecular complexity index is 428. The predicted molar refractivity (Wildman–Crippen MR) is 88.3 cm³/mol. The Balaban J connectivity index is 0.00000220. The SMILES string of the molecule is CC(C)c1ccc(NC(=O)CNCC2CCCO2)cc1.Cl. The number of hydrogen-bond donors (Lipinski definition) is 2. The minimum absolute atomic E-state index is 0. The van der Waals surface area contributed by atoms with Gasteiger partial charge in [-0.3, -0.25) is 4.79 Å². The van der Waals surface area contributed by atoms with Gasteiger partial charge in [0.1, 0.15) is 0 Å². The first-order valence-corrected chi connectivity index (χ1v) is 7.37. The molecule has 1 aliphatic rings. The van der Waals surface area contributed by atoms with Crippen LogP contribution in [0.2, 0.25) is 0 Å². The Kier molecular flexibility index (Phi) is 7.72. The molecule has 4 nitrogen and oxygen atoms in total. The lowest BCUT2D eigenvalue weighted by atomic mass is 10.0. The van der Waals surface area contributed by atoms with Gasteiger partial charge in [0, 0.05) is 18.8 Å². The summed E-state index contributed by atoms with van der Waals surface area (Å²) < 4.78 is 5.49. The Morgan fingerprint density at radius 2 is 2.05 bits per heavy atom. The Labute approximate surface area is 133 Å². The minimum Gasteiger partial charge on any atom is -0.377 e. The summed E-state index contributed by atoms with van der Waals surface area (Å²) in [6.45, 7) is 6.23. The van der Waals surface area contributed by atoms with E-state index in [9.17, 15) is 4.79 Å². The summed E-state index contributed by atoms with van der Waals surface area (Å²) in [6, 6.07) is 8.01. The van der Waals surface area contributed by atoms with Gasteiger partial charge >= 0.3 is 0 Å². The molecule has 0 bridgehead atoms. The monoisotopic (exact) mass is 312 g/mol. The number of carbonyl (C=O) groups is 1. The zero-order valence-electron chi connectivity index (χ0n) is 12.7. The summed E-state index contributed by atoms with van der Waals surface area (Å²) in [6.07, 6.45) is 2.49. The standard InChI is InChI=1S/C16H24N2O2.ClH/c1-12(2)13-5-7-14(8-6-13)18-16(19)11-17-10-15-4-3-9-20-15;/h5-8,12,15,17H,3-4,9-11H2,1-2H3,(H,18,19);1H. The molecule has 1 fully saturated rings. The fraction of sp³-hybridized carbons (Fsp3) is 0.562. The molecule has 0 saturated carbocycles. The first-order valence-electron chi connectivity index (χ1n) is 7.37. The Morgan fingerprint density at radius 1 is 1.33 bits per heavy atom. The number of halogens is 1. The molecule has 2 rings (SSSR count). The molecule has 1 aromatic rings. The molecule has 1 aliphatic heterocycles. The van der Waals surface area contributed by atoms with E-state index in [1.54, 1.807) is 0 Å². The molecule has 0 aromatic heterocycles. The topological polar surface area (TPSA) is 50.4 Å². The molecular formula is C16H25ClN2O2. The molecule has 0 aliphatic carbocycles. The van der Waals surface area contributed by atoms with Crippen LogP contribution in [0.4, 0.5) is 5.69 Å². The molecule has 0 radical (unpaired) electrons. The van der Waals surface area contributed by atoms with Gasteiger partial charge in [0.25, 0.3) is 0 Å². The van der Waals surface area contributed by atoms with E-state index in [2.05, 4.69) is 36.6 Å². The van der Waals surface area contributed by atoms with Crippen molar-refractivity contribution in [3.63, 3.8) is 0 Å². The van der Waals surface area contributed by atoms with Crippen LogP contribution in [0.1, 0.15) is 38.2 Å². The Hall–Kier alpha value is -1.10. The van der Waals surface area contributed by atoms with Crippen LogP contribution in [0, 0.1) is 0 Å². The first-order chi connectivity index (χ1) is 9.65. The largest absolute Gasteiger partial charge is 0.377 e. The molecule has 2 N–H and O–H groups in total. The maximum atomic E-state index is 11.8. The lowest BCUT2D eigenvalue weighted by Crippen LogP contribution is -2.33. The highest BCUT2D eigenvalue weighted by Crippen LogP contribution is 2.17. The lowest BCUT2D eigenvalue weighted by molar-refractivity contribution is -0.115. The fourth-order valence-corrected chi connectivity index (χ4v) is 2.31. The Morgan fingerprint density at radius 3 is 2.62 bits per heavy atom. The number of amides is 1. The quantitative estimate of drug-likeness (QED) is 0.849. The lowest BCUT2D eigenvalue weighted by Gasteiger charge is -2.11. The molecule has 0 spiro atoms. The normalized spacial score (nSPS) is 17.6. The molecule has 5 heteroatoms. The first kappa shape index (κ1) is 18.0. The van der Waals surface area contributed by atoms with Crippen LogP contribution in [0.25, 0.3) is 0 Å². The third kappa shape index (κ3) is 6.04. The summed E-state index contributed by atoms with van der Waals surface area (Å²) in [4.78, 5) is 11.8. The summed E-state index contributed by atoms with van der Waals surface area (Å²) in [5.74, 6) is 0.494. The summed E-state index contributed by atoms with van der Waals surface area (Å²) in [5.41, 5.74) is 2.12. The summed E-state index contributed by atoms with van der Waals surface area (Å²) in [5, 5.41) is 6.03. The second-order valence-corrected chi connectivity index (χ2v) is 5.59. The van der Waals surface area contributed by atoms with Crippen molar-refractivity contribution in [2.45, 2.75) is 38.7 Å². The molecule has 1 unspecified atom stereocenters. The minimum atomic E-state index is -0.0136. The molecular weight excluding hydrogens is 288 g/mol. The van der Waals surface area contributed by atoms with Crippen LogP contribution in [-0.2, 0) is 9.53 Å². The molecule has 118 valence electrons. The van der Waals surface area contributed by atoms with Crippen molar-refractivity contribution < 1.29 is 9.53 Å². The highest BCUT2D eigenvalue weighted by Gasteiger charge is 2.15. The number of anilines is 1.